The van der Waals surface area contributed by atoms with Crippen LogP contribution in [-0.4, -0.2) is 62.2 Å². The van der Waals surface area contributed by atoms with E-state index < -0.39 is 10.0 Å². The molecule has 2 aromatic rings. The fourth-order valence-corrected chi connectivity index (χ4v) is 4.35. The van der Waals surface area contributed by atoms with Gasteiger partial charge in [0.05, 0.1) is 19.0 Å². The van der Waals surface area contributed by atoms with Crippen LogP contribution in [0.25, 0.3) is 10.9 Å². The molecule has 2 N–H and O–H groups in total. The molecule has 0 atom stereocenters. The molecule has 1 aliphatic heterocycles. The molecule has 8 heteroatoms. The minimum Gasteiger partial charge on any atom is -0.379 e. The normalized spacial score (nSPS) is 16.2. The number of ether oxygens (including phenoxy) is 1. The van der Waals surface area contributed by atoms with Crippen LogP contribution < -0.4 is 5.32 Å². The molecule has 7 nitrogen and oxygen atoms in total. The largest absolute Gasteiger partial charge is 0.379 e. The van der Waals surface area contributed by atoms with Crippen molar-refractivity contribution in [3.63, 3.8) is 0 Å². The molecule has 3 rings (SSSR count). The van der Waals surface area contributed by atoms with Gasteiger partial charge in [0, 0.05) is 43.2 Å². The Labute approximate surface area is 147 Å². The Bertz CT molecular complexity index is 825. The first-order valence-electron chi connectivity index (χ1n) is 8.43. The minimum absolute atomic E-state index is 0.0203. The average molecular weight is 365 g/mol. The summed E-state index contributed by atoms with van der Waals surface area (Å²) in [5, 5.41) is 3.95. The third-order valence-electron chi connectivity index (χ3n) is 4.34. The van der Waals surface area contributed by atoms with Crippen molar-refractivity contribution in [1.29, 1.82) is 0 Å². The first kappa shape index (κ1) is 17.9. The smallest absolute Gasteiger partial charge is 0.221 e. The van der Waals surface area contributed by atoms with Crippen molar-refractivity contribution in [2.75, 3.05) is 38.6 Å². The minimum atomic E-state index is -3.39. The number of amides is 1. The molecule has 0 saturated carbocycles. The van der Waals surface area contributed by atoms with E-state index in [0.29, 0.717) is 39.3 Å². The van der Waals surface area contributed by atoms with E-state index in [1.165, 1.54) is 4.31 Å². The summed E-state index contributed by atoms with van der Waals surface area (Å²) in [6, 6.07) is 8.00. The summed E-state index contributed by atoms with van der Waals surface area (Å²) < 4.78 is 30.9. The number of para-hydroxylation sites is 1. The highest BCUT2D eigenvalue weighted by atomic mass is 32.2. The monoisotopic (exact) mass is 365 g/mol. The maximum absolute atomic E-state index is 12.2. The molecule has 0 spiro atoms. The summed E-state index contributed by atoms with van der Waals surface area (Å²) in [5.74, 6) is -0.400. The molecule has 2 heterocycles. The van der Waals surface area contributed by atoms with Crippen LogP contribution in [0.2, 0.25) is 0 Å². The van der Waals surface area contributed by atoms with Gasteiger partial charge < -0.3 is 15.0 Å². The zero-order valence-electron chi connectivity index (χ0n) is 14.0. The second kappa shape index (κ2) is 7.99. The van der Waals surface area contributed by atoms with Gasteiger partial charge in [-0.25, -0.2) is 8.42 Å². The number of hydrogen-bond acceptors (Lipinski definition) is 4. The maximum Gasteiger partial charge on any atom is 0.221 e. The molecule has 1 aromatic heterocycles. The van der Waals surface area contributed by atoms with Crippen LogP contribution in [-0.2, 0) is 26.0 Å². The number of hydrogen-bond donors (Lipinski definition) is 2. The van der Waals surface area contributed by atoms with E-state index in [-0.39, 0.29) is 18.1 Å². The van der Waals surface area contributed by atoms with E-state index in [0.717, 1.165) is 16.5 Å². The van der Waals surface area contributed by atoms with Gasteiger partial charge in [-0.3, -0.25) is 4.79 Å². The highest BCUT2D eigenvalue weighted by Crippen LogP contribution is 2.17. The van der Waals surface area contributed by atoms with E-state index in [2.05, 4.69) is 10.3 Å². The number of H-pyrrole nitrogens is 1. The number of sulfonamides is 1. The zero-order valence-corrected chi connectivity index (χ0v) is 14.8. The number of morpholine rings is 1. The number of aromatic nitrogens is 1. The fourth-order valence-electron chi connectivity index (χ4n) is 2.94. The molecule has 0 bridgehead atoms. The van der Waals surface area contributed by atoms with Gasteiger partial charge in [-0.15, -0.1) is 0 Å². The van der Waals surface area contributed by atoms with Crippen LogP contribution in [0.15, 0.2) is 30.5 Å². The van der Waals surface area contributed by atoms with E-state index >= 15 is 0 Å². The summed E-state index contributed by atoms with van der Waals surface area (Å²) in [6.07, 6.45) is 2.62. The molecule has 0 aliphatic carbocycles. The third kappa shape index (κ3) is 4.59. The second-order valence-electron chi connectivity index (χ2n) is 6.04. The van der Waals surface area contributed by atoms with Crippen molar-refractivity contribution in [3.8, 4) is 0 Å². The molecule has 0 unspecified atom stereocenters. The molecule has 136 valence electrons. The lowest BCUT2D eigenvalue weighted by Crippen LogP contribution is -2.42. The van der Waals surface area contributed by atoms with Crippen LogP contribution in [0.5, 0.6) is 0 Å². The van der Waals surface area contributed by atoms with Gasteiger partial charge in [-0.05, 0) is 18.1 Å². The maximum atomic E-state index is 12.2. The lowest BCUT2D eigenvalue weighted by Gasteiger charge is -2.25. The van der Waals surface area contributed by atoms with E-state index in [4.69, 9.17) is 4.74 Å². The quantitative estimate of drug-likeness (QED) is 0.762. The first-order chi connectivity index (χ1) is 12.1. The molecule has 1 aliphatic rings. The predicted molar refractivity (Wildman–Crippen MR) is 95.8 cm³/mol. The topological polar surface area (TPSA) is 91.5 Å². The Morgan fingerprint density at radius 2 is 2.00 bits per heavy atom. The van der Waals surface area contributed by atoms with Crippen molar-refractivity contribution in [2.24, 2.45) is 0 Å². The first-order valence-corrected chi connectivity index (χ1v) is 10.0. The third-order valence-corrected chi connectivity index (χ3v) is 6.21. The molecular weight excluding hydrogens is 342 g/mol. The van der Waals surface area contributed by atoms with Gasteiger partial charge in [-0.2, -0.15) is 4.31 Å². The highest BCUT2D eigenvalue weighted by molar-refractivity contribution is 7.89. The van der Waals surface area contributed by atoms with Gasteiger partial charge in [-0.1, -0.05) is 18.2 Å². The Kier molecular flexibility index (Phi) is 5.72. The Morgan fingerprint density at radius 3 is 2.80 bits per heavy atom. The van der Waals surface area contributed by atoms with Gasteiger partial charge in [0.1, 0.15) is 0 Å². The molecule has 25 heavy (non-hydrogen) atoms. The van der Waals surface area contributed by atoms with Crippen molar-refractivity contribution in [1.82, 2.24) is 14.6 Å². The standard InChI is InChI=1S/C17H23N3O4S/c21-17(6-12-25(22,23)20-8-10-24-11-9-20)18-7-5-14-13-19-16-4-2-1-3-15(14)16/h1-4,13,19H,5-12H2,(H,18,21). The highest BCUT2D eigenvalue weighted by Gasteiger charge is 2.24. The van der Waals surface area contributed by atoms with Crippen molar-refractivity contribution < 1.29 is 17.9 Å². The lowest BCUT2D eigenvalue weighted by molar-refractivity contribution is -0.120. The lowest BCUT2D eigenvalue weighted by atomic mass is 10.1. The van der Waals surface area contributed by atoms with Gasteiger partial charge >= 0.3 is 0 Å². The number of carbonyl (C=O) groups excluding carboxylic acids is 1. The summed E-state index contributed by atoms with van der Waals surface area (Å²) in [5.41, 5.74) is 2.21. The summed E-state index contributed by atoms with van der Waals surface area (Å²) in [4.78, 5) is 15.1. The van der Waals surface area contributed by atoms with Crippen molar-refractivity contribution in [3.05, 3.63) is 36.0 Å². The Morgan fingerprint density at radius 1 is 1.24 bits per heavy atom. The van der Waals surface area contributed by atoms with Crippen LogP contribution in [0, 0.1) is 0 Å². The predicted octanol–water partition coefficient (Wildman–Crippen LogP) is 0.879. The van der Waals surface area contributed by atoms with Gasteiger partial charge in [0.15, 0.2) is 0 Å². The Hall–Kier alpha value is -1.90. The number of fused-ring (bicyclic) bond motifs is 1. The second-order valence-corrected chi connectivity index (χ2v) is 8.13. The SMILES string of the molecule is O=C(CCS(=O)(=O)N1CCOCC1)NCCc1c[nH]c2ccccc12. The molecular formula is C17H23N3O4S. The number of nitrogens with zero attached hydrogens (tertiary/aromatic N) is 1. The summed E-state index contributed by atoms with van der Waals surface area (Å²) in [7, 11) is -3.39. The van der Waals surface area contributed by atoms with Crippen LogP contribution in [0.3, 0.4) is 0 Å². The molecule has 1 fully saturated rings. The molecule has 1 saturated heterocycles. The van der Waals surface area contributed by atoms with Crippen LogP contribution in [0.4, 0.5) is 0 Å². The van der Waals surface area contributed by atoms with Crippen molar-refractivity contribution >= 4 is 26.8 Å². The van der Waals surface area contributed by atoms with Gasteiger partial charge in [0.25, 0.3) is 0 Å². The van der Waals surface area contributed by atoms with E-state index in [1.807, 2.05) is 30.5 Å². The number of aromatic amines is 1. The van der Waals surface area contributed by atoms with E-state index in [1.54, 1.807) is 0 Å². The fraction of sp³-hybridized carbons (Fsp3) is 0.471. The number of rotatable bonds is 7. The molecule has 1 aromatic carbocycles. The molecule has 0 radical (unpaired) electrons. The number of carbonyl (C=O) groups is 1. The van der Waals surface area contributed by atoms with Gasteiger partial charge in [0.2, 0.25) is 15.9 Å². The average Bonchev–Trinajstić information content (AvgIpc) is 3.04. The zero-order chi connectivity index (χ0) is 17.7. The number of benzene rings is 1. The Balaban J connectivity index is 1.43. The number of nitrogens with one attached hydrogen (secondary N) is 2. The van der Waals surface area contributed by atoms with Crippen molar-refractivity contribution in [2.45, 2.75) is 12.8 Å². The molecule has 1 amide bonds. The van der Waals surface area contributed by atoms with E-state index in [9.17, 15) is 13.2 Å². The van der Waals surface area contributed by atoms with Crippen LogP contribution >= 0.6 is 0 Å². The summed E-state index contributed by atoms with van der Waals surface area (Å²) in [6.45, 7) is 2.04. The van der Waals surface area contributed by atoms with Crippen LogP contribution in [0.1, 0.15) is 12.0 Å². The summed E-state index contributed by atoms with van der Waals surface area (Å²) >= 11 is 0.